The van der Waals surface area contributed by atoms with Gasteiger partial charge in [-0.15, -0.1) is 23.4 Å². The molecule has 0 amide bonds. The molecule has 0 unspecified atom stereocenters. The number of benzene rings is 2. The van der Waals surface area contributed by atoms with Gasteiger partial charge in [0.1, 0.15) is 5.75 Å². The number of nitrogens with zero attached hydrogens (tertiary/aromatic N) is 3. The van der Waals surface area contributed by atoms with Gasteiger partial charge in [-0.2, -0.15) is 0 Å². The Bertz CT molecular complexity index is 1080. The summed E-state index contributed by atoms with van der Waals surface area (Å²) in [5.41, 5.74) is 1.69. The highest BCUT2D eigenvalue weighted by Gasteiger charge is 2.32. The quantitative estimate of drug-likeness (QED) is 0.505. The van der Waals surface area contributed by atoms with E-state index in [4.69, 9.17) is 13.9 Å². The van der Waals surface area contributed by atoms with Gasteiger partial charge in [-0.05, 0) is 55.7 Å². The molecule has 0 bridgehead atoms. The van der Waals surface area contributed by atoms with Crippen LogP contribution in [0, 0.1) is 0 Å². The highest BCUT2D eigenvalue weighted by Crippen LogP contribution is 2.38. The number of methoxy groups -OCH3 is 2. The summed E-state index contributed by atoms with van der Waals surface area (Å²) in [6.45, 7) is 1.59. The summed E-state index contributed by atoms with van der Waals surface area (Å²) < 4.78 is 58.9. The van der Waals surface area contributed by atoms with Gasteiger partial charge in [0.15, 0.2) is 11.5 Å². The first-order valence-corrected chi connectivity index (χ1v) is 10.1. The summed E-state index contributed by atoms with van der Waals surface area (Å²) in [5, 5.41) is 8.19. The van der Waals surface area contributed by atoms with Crippen molar-refractivity contribution in [3.63, 3.8) is 0 Å². The van der Waals surface area contributed by atoms with Crippen LogP contribution in [0.5, 0.6) is 17.2 Å². The molecule has 1 fully saturated rings. The number of rotatable bonds is 6. The molecule has 0 radical (unpaired) electrons. The van der Waals surface area contributed by atoms with Crippen molar-refractivity contribution in [1.82, 2.24) is 10.2 Å². The summed E-state index contributed by atoms with van der Waals surface area (Å²) in [5.74, 6) is 0.981. The molecule has 2 heterocycles. The van der Waals surface area contributed by atoms with E-state index in [1.54, 1.807) is 24.3 Å². The van der Waals surface area contributed by atoms with Gasteiger partial charge in [-0.3, -0.25) is 0 Å². The Morgan fingerprint density at radius 1 is 0.875 bits per heavy atom. The van der Waals surface area contributed by atoms with Crippen molar-refractivity contribution in [1.29, 1.82) is 0 Å². The minimum Gasteiger partial charge on any atom is -0.493 e. The fraction of sp³-hybridized carbons (Fsp3) is 0.364. The first kappa shape index (κ1) is 21.8. The molecule has 0 spiro atoms. The van der Waals surface area contributed by atoms with Crippen LogP contribution in [0.15, 0.2) is 40.8 Å². The minimum atomic E-state index is -4.80. The van der Waals surface area contributed by atoms with Crippen molar-refractivity contribution >= 4 is 5.69 Å². The number of piperidine rings is 1. The van der Waals surface area contributed by atoms with E-state index in [9.17, 15) is 13.2 Å². The average Bonchev–Trinajstić information content (AvgIpc) is 3.28. The SMILES string of the molecule is COc1ccc(-c2nnc(-c3cc(OC(F)(F)F)ccc3N3CCCCC3)o2)cc1OC. The lowest BCUT2D eigenvalue weighted by molar-refractivity contribution is -0.274. The Morgan fingerprint density at radius 3 is 2.28 bits per heavy atom. The third-order valence-corrected chi connectivity index (χ3v) is 5.18. The maximum absolute atomic E-state index is 12.8. The second-order valence-corrected chi connectivity index (χ2v) is 7.26. The van der Waals surface area contributed by atoms with Crippen LogP contribution in [0.1, 0.15) is 19.3 Å². The van der Waals surface area contributed by atoms with E-state index in [0.717, 1.165) is 38.0 Å². The zero-order chi connectivity index (χ0) is 22.7. The molecule has 10 heteroatoms. The second kappa shape index (κ2) is 8.97. The van der Waals surface area contributed by atoms with Gasteiger partial charge < -0.3 is 23.5 Å². The van der Waals surface area contributed by atoms with E-state index in [1.807, 2.05) is 0 Å². The molecule has 2 aromatic carbocycles. The molecule has 0 saturated carbocycles. The number of ether oxygens (including phenoxy) is 3. The van der Waals surface area contributed by atoms with E-state index in [-0.39, 0.29) is 17.5 Å². The van der Waals surface area contributed by atoms with Gasteiger partial charge >= 0.3 is 6.36 Å². The minimum absolute atomic E-state index is 0.1000. The Hall–Kier alpha value is -3.43. The Morgan fingerprint density at radius 2 is 1.59 bits per heavy atom. The summed E-state index contributed by atoms with van der Waals surface area (Å²) in [4.78, 5) is 2.11. The monoisotopic (exact) mass is 449 g/mol. The van der Waals surface area contributed by atoms with Crippen LogP contribution in [0.4, 0.5) is 18.9 Å². The first-order valence-electron chi connectivity index (χ1n) is 10.1. The number of hydrogen-bond donors (Lipinski definition) is 0. The average molecular weight is 449 g/mol. The Labute approximate surface area is 182 Å². The molecule has 0 aliphatic carbocycles. The van der Waals surface area contributed by atoms with Gasteiger partial charge in [0, 0.05) is 24.3 Å². The fourth-order valence-corrected chi connectivity index (χ4v) is 3.71. The third-order valence-electron chi connectivity index (χ3n) is 5.18. The fourth-order valence-electron chi connectivity index (χ4n) is 3.71. The van der Waals surface area contributed by atoms with Gasteiger partial charge in [0.05, 0.1) is 19.8 Å². The topological polar surface area (TPSA) is 69.9 Å². The smallest absolute Gasteiger partial charge is 0.493 e. The van der Waals surface area contributed by atoms with E-state index >= 15 is 0 Å². The molecular formula is C22H22F3N3O4. The lowest BCUT2D eigenvalue weighted by Gasteiger charge is -2.30. The molecule has 0 N–H and O–H groups in total. The molecule has 4 rings (SSSR count). The van der Waals surface area contributed by atoms with Crippen LogP contribution in [-0.4, -0.2) is 43.9 Å². The molecule has 7 nitrogen and oxygen atoms in total. The summed E-state index contributed by atoms with van der Waals surface area (Å²) in [6.07, 6.45) is -1.68. The molecule has 1 aromatic heterocycles. The number of halogens is 3. The Kier molecular flexibility index (Phi) is 6.11. The van der Waals surface area contributed by atoms with E-state index < -0.39 is 6.36 Å². The highest BCUT2D eigenvalue weighted by atomic mass is 19.4. The summed E-state index contributed by atoms with van der Waals surface area (Å²) in [6, 6.07) is 9.30. The van der Waals surface area contributed by atoms with Crippen molar-refractivity contribution in [3.05, 3.63) is 36.4 Å². The lowest BCUT2D eigenvalue weighted by Crippen LogP contribution is -2.29. The van der Waals surface area contributed by atoms with Crippen LogP contribution in [0.3, 0.4) is 0 Å². The highest BCUT2D eigenvalue weighted by molar-refractivity contribution is 5.76. The van der Waals surface area contributed by atoms with Gasteiger partial charge in [-0.1, -0.05) is 0 Å². The normalized spacial score (nSPS) is 14.3. The molecule has 1 aliphatic rings. The van der Waals surface area contributed by atoms with Crippen molar-refractivity contribution in [2.75, 3.05) is 32.2 Å². The van der Waals surface area contributed by atoms with Gasteiger partial charge in [-0.25, -0.2) is 0 Å². The van der Waals surface area contributed by atoms with Gasteiger partial charge in [0.25, 0.3) is 0 Å². The molecule has 170 valence electrons. The van der Waals surface area contributed by atoms with Gasteiger partial charge in [0.2, 0.25) is 11.8 Å². The number of alkyl halides is 3. The van der Waals surface area contributed by atoms with Crippen LogP contribution in [0.25, 0.3) is 22.9 Å². The Balaban J connectivity index is 1.73. The maximum Gasteiger partial charge on any atom is 0.573 e. The van der Waals surface area contributed by atoms with Crippen molar-refractivity contribution in [3.8, 4) is 40.2 Å². The van der Waals surface area contributed by atoms with Crippen LogP contribution in [0.2, 0.25) is 0 Å². The van der Waals surface area contributed by atoms with Crippen LogP contribution in [-0.2, 0) is 0 Å². The van der Waals surface area contributed by atoms with Crippen LogP contribution >= 0.6 is 0 Å². The summed E-state index contributed by atoms with van der Waals surface area (Å²) in [7, 11) is 3.04. The standard InChI is InChI=1S/C22H22F3N3O4/c1-29-18-9-6-14(12-19(18)30-2)20-26-27-21(31-20)16-13-15(32-22(23,24)25)7-8-17(16)28-10-4-3-5-11-28/h6-9,12-13H,3-5,10-11H2,1-2H3. The molecule has 0 atom stereocenters. The number of aromatic nitrogens is 2. The predicted octanol–water partition coefficient (Wildman–Crippen LogP) is 5.31. The molecule has 3 aromatic rings. The molecule has 1 saturated heterocycles. The van der Waals surface area contributed by atoms with E-state index in [0.29, 0.717) is 22.6 Å². The van der Waals surface area contributed by atoms with Crippen LogP contribution < -0.4 is 19.1 Å². The van der Waals surface area contributed by atoms with E-state index in [1.165, 1.54) is 26.4 Å². The number of hydrogen-bond acceptors (Lipinski definition) is 7. The molecule has 1 aliphatic heterocycles. The van der Waals surface area contributed by atoms with Crippen molar-refractivity contribution in [2.45, 2.75) is 25.6 Å². The van der Waals surface area contributed by atoms with Crippen molar-refractivity contribution < 1.29 is 31.8 Å². The zero-order valence-electron chi connectivity index (χ0n) is 17.6. The predicted molar refractivity (Wildman–Crippen MR) is 111 cm³/mol. The molecule has 32 heavy (non-hydrogen) atoms. The largest absolute Gasteiger partial charge is 0.573 e. The van der Waals surface area contributed by atoms with E-state index in [2.05, 4.69) is 19.8 Å². The maximum atomic E-state index is 12.8. The zero-order valence-corrected chi connectivity index (χ0v) is 17.6. The van der Waals surface area contributed by atoms with Crippen molar-refractivity contribution in [2.24, 2.45) is 0 Å². The summed E-state index contributed by atoms with van der Waals surface area (Å²) >= 11 is 0. The second-order valence-electron chi connectivity index (χ2n) is 7.26. The third kappa shape index (κ3) is 4.74. The first-order chi connectivity index (χ1) is 15.4. The molecular weight excluding hydrogens is 427 g/mol. The number of anilines is 1. The lowest BCUT2D eigenvalue weighted by atomic mass is 10.1.